The molecule has 2 saturated heterocycles. The zero-order chi connectivity index (χ0) is 17.1. The Labute approximate surface area is 142 Å². The van der Waals surface area contributed by atoms with Gasteiger partial charge in [-0.05, 0) is 43.9 Å². The van der Waals surface area contributed by atoms with Crippen molar-refractivity contribution < 1.29 is 14.0 Å². The van der Waals surface area contributed by atoms with Gasteiger partial charge in [0, 0.05) is 31.2 Å². The molecule has 24 heavy (non-hydrogen) atoms. The standard InChI is InChI=1S/C19H25FN2O2/c1-2-14-7-4-3-5-11-22(14)19(24)16-13-15(9-10-17(16)20)21-12-6-8-18(21)23/h9-10,13-14H,2-8,11-12H2,1H3. The summed E-state index contributed by atoms with van der Waals surface area (Å²) >= 11 is 0. The summed E-state index contributed by atoms with van der Waals surface area (Å²) in [5.74, 6) is -0.703. The molecule has 3 rings (SSSR count). The van der Waals surface area contributed by atoms with Gasteiger partial charge < -0.3 is 9.80 Å². The van der Waals surface area contributed by atoms with Crippen LogP contribution in [0.4, 0.5) is 10.1 Å². The largest absolute Gasteiger partial charge is 0.336 e. The molecule has 2 aliphatic rings. The van der Waals surface area contributed by atoms with Gasteiger partial charge in [-0.15, -0.1) is 0 Å². The highest BCUT2D eigenvalue weighted by Gasteiger charge is 2.28. The number of anilines is 1. The second kappa shape index (κ2) is 7.32. The van der Waals surface area contributed by atoms with E-state index in [4.69, 9.17) is 0 Å². The van der Waals surface area contributed by atoms with Crippen molar-refractivity contribution in [1.29, 1.82) is 0 Å². The van der Waals surface area contributed by atoms with Gasteiger partial charge in [0.25, 0.3) is 5.91 Å². The van der Waals surface area contributed by atoms with Crippen molar-refractivity contribution in [3.05, 3.63) is 29.6 Å². The third kappa shape index (κ3) is 3.30. The van der Waals surface area contributed by atoms with Crippen LogP contribution in [0.15, 0.2) is 18.2 Å². The van der Waals surface area contributed by atoms with Gasteiger partial charge in [-0.3, -0.25) is 9.59 Å². The maximum absolute atomic E-state index is 14.3. The average Bonchev–Trinajstić information content (AvgIpc) is 2.87. The molecule has 1 aromatic rings. The van der Waals surface area contributed by atoms with Gasteiger partial charge in [0.1, 0.15) is 5.82 Å². The molecule has 4 nitrogen and oxygen atoms in total. The van der Waals surface area contributed by atoms with Crippen LogP contribution in [0.2, 0.25) is 0 Å². The van der Waals surface area contributed by atoms with Crippen molar-refractivity contribution in [1.82, 2.24) is 4.90 Å². The second-order valence-corrected chi connectivity index (χ2v) is 6.72. The molecule has 130 valence electrons. The summed E-state index contributed by atoms with van der Waals surface area (Å²) in [6, 6.07) is 4.64. The van der Waals surface area contributed by atoms with Gasteiger partial charge in [-0.1, -0.05) is 19.8 Å². The van der Waals surface area contributed by atoms with Crippen LogP contribution in [0.25, 0.3) is 0 Å². The predicted molar refractivity (Wildman–Crippen MR) is 91.6 cm³/mol. The molecule has 1 atom stereocenters. The first-order valence-electron chi connectivity index (χ1n) is 9.02. The first kappa shape index (κ1) is 16.9. The van der Waals surface area contributed by atoms with E-state index >= 15 is 0 Å². The summed E-state index contributed by atoms with van der Waals surface area (Å²) in [7, 11) is 0. The normalized spacial score (nSPS) is 21.9. The summed E-state index contributed by atoms with van der Waals surface area (Å²) in [5, 5.41) is 0. The van der Waals surface area contributed by atoms with E-state index in [9.17, 15) is 14.0 Å². The van der Waals surface area contributed by atoms with Crippen LogP contribution < -0.4 is 4.90 Å². The Morgan fingerprint density at radius 3 is 2.75 bits per heavy atom. The van der Waals surface area contributed by atoms with Gasteiger partial charge in [0.15, 0.2) is 0 Å². The van der Waals surface area contributed by atoms with Crippen LogP contribution >= 0.6 is 0 Å². The third-order valence-electron chi connectivity index (χ3n) is 5.17. The number of carbonyl (C=O) groups is 2. The number of carbonyl (C=O) groups excluding carboxylic acids is 2. The van der Waals surface area contributed by atoms with E-state index in [1.165, 1.54) is 6.07 Å². The predicted octanol–water partition coefficient (Wildman–Crippen LogP) is 3.75. The third-order valence-corrected chi connectivity index (χ3v) is 5.17. The van der Waals surface area contributed by atoms with Gasteiger partial charge in [0.05, 0.1) is 5.56 Å². The van der Waals surface area contributed by atoms with E-state index < -0.39 is 5.82 Å². The summed E-state index contributed by atoms with van der Waals surface area (Å²) in [6.07, 6.45) is 6.40. The van der Waals surface area contributed by atoms with Crippen LogP contribution in [-0.2, 0) is 4.79 Å². The molecule has 0 saturated carbocycles. The topological polar surface area (TPSA) is 40.6 Å². The second-order valence-electron chi connectivity index (χ2n) is 6.72. The van der Waals surface area contributed by atoms with E-state index in [-0.39, 0.29) is 23.4 Å². The molecule has 0 spiro atoms. The van der Waals surface area contributed by atoms with Crippen LogP contribution in [0.1, 0.15) is 62.2 Å². The molecule has 1 unspecified atom stereocenters. The number of hydrogen-bond acceptors (Lipinski definition) is 2. The maximum Gasteiger partial charge on any atom is 0.257 e. The minimum atomic E-state index is -0.505. The van der Waals surface area contributed by atoms with Crippen molar-refractivity contribution in [2.45, 2.75) is 57.9 Å². The number of likely N-dealkylation sites (tertiary alicyclic amines) is 1. The van der Waals surface area contributed by atoms with Crippen molar-refractivity contribution >= 4 is 17.5 Å². The molecule has 2 fully saturated rings. The Kier molecular flexibility index (Phi) is 5.17. The molecule has 5 heteroatoms. The summed E-state index contributed by atoms with van der Waals surface area (Å²) in [4.78, 5) is 28.4. The van der Waals surface area contributed by atoms with E-state index in [1.54, 1.807) is 17.0 Å². The molecule has 0 N–H and O–H groups in total. The SMILES string of the molecule is CCC1CCCCCN1C(=O)c1cc(N2CCCC2=O)ccc1F. The maximum atomic E-state index is 14.3. The van der Waals surface area contributed by atoms with E-state index in [1.807, 2.05) is 4.90 Å². The molecule has 0 radical (unpaired) electrons. The van der Waals surface area contributed by atoms with Crippen LogP contribution in [-0.4, -0.2) is 35.8 Å². The Balaban J connectivity index is 1.89. The zero-order valence-electron chi connectivity index (χ0n) is 14.3. The highest BCUT2D eigenvalue weighted by molar-refractivity contribution is 5.99. The fourth-order valence-electron chi connectivity index (χ4n) is 3.79. The van der Waals surface area contributed by atoms with E-state index in [2.05, 4.69) is 6.92 Å². The molecule has 0 bridgehead atoms. The average molecular weight is 332 g/mol. The summed E-state index contributed by atoms with van der Waals surface area (Å²) in [5.41, 5.74) is 0.720. The van der Waals surface area contributed by atoms with Crippen molar-refractivity contribution in [3.63, 3.8) is 0 Å². The lowest BCUT2D eigenvalue weighted by molar-refractivity contribution is -0.117. The molecule has 1 aromatic carbocycles. The highest BCUT2D eigenvalue weighted by Crippen LogP contribution is 2.27. The molecule has 2 amide bonds. The van der Waals surface area contributed by atoms with Crippen LogP contribution in [0, 0.1) is 5.82 Å². The number of nitrogens with zero attached hydrogens (tertiary/aromatic N) is 2. The van der Waals surface area contributed by atoms with Crippen molar-refractivity contribution in [2.75, 3.05) is 18.0 Å². The van der Waals surface area contributed by atoms with Crippen molar-refractivity contribution in [3.8, 4) is 0 Å². The number of rotatable bonds is 3. The Morgan fingerprint density at radius 2 is 2.04 bits per heavy atom. The number of hydrogen-bond donors (Lipinski definition) is 0. The van der Waals surface area contributed by atoms with Gasteiger partial charge >= 0.3 is 0 Å². The lowest BCUT2D eigenvalue weighted by Gasteiger charge is -2.30. The first-order chi connectivity index (χ1) is 11.6. The fraction of sp³-hybridized carbons (Fsp3) is 0.579. The van der Waals surface area contributed by atoms with Gasteiger partial charge in [-0.25, -0.2) is 4.39 Å². The van der Waals surface area contributed by atoms with Crippen molar-refractivity contribution in [2.24, 2.45) is 0 Å². The zero-order valence-corrected chi connectivity index (χ0v) is 14.3. The highest BCUT2D eigenvalue weighted by atomic mass is 19.1. The van der Waals surface area contributed by atoms with Gasteiger partial charge in [-0.2, -0.15) is 0 Å². The summed E-state index contributed by atoms with van der Waals surface area (Å²) in [6.45, 7) is 3.40. The molecular weight excluding hydrogens is 307 g/mol. The van der Waals surface area contributed by atoms with Gasteiger partial charge in [0.2, 0.25) is 5.91 Å². The smallest absolute Gasteiger partial charge is 0.257 e. The monoisotopic (exact) mass is 332 g/mol. The molecule has 0 aromatic heterocycles. The lowest BCUT2D eigenvalue weighted by Crippen LogP contribution is -2.40. The number of amides is 2. The molecule has 2 heterocycles. The quantitative estimate of drug-likeness (QED) is 0.846. The minimum absolute atomic E-state index is 0.0428. The Hall–Kier alpha value is -1.91. The van der Waals surface area contributed by atoms with E-state index in [0.29, 0.717) is 25.2 Å². The number of benzene rings is 1. The van der Waals surface area contributed by atoms with Crippen LogP contribution in [0.5, 0.6) is 0 Å². The summed E-state index contributed by atoms with van der Waals surface area (Å²) < 4.78 is 14.3. The Bertz CT molecular complexity index is 632. The molecule has 2 aliphatic heterocycles. The fourth-order valence-corrected chi connectivity index (χ4v) is 3.79. The minimum Gasteiger partial charge on any atom is -0.336 e. The van der Waals surface area contributed by atoms with E-state index in [0.717, 1.165) is 38.5 Å². The van der Waals surface area contributed by atoms with Crippen LogP contribution in [0.3, 0.4) is 0 Å². The lowest BCUT2D eigenvalue weighted by atomic mass is 10.1. The molecular formula is C19H25FN2O2. The Morgan fingerprint density at radius 1 is 1.21 bits per heavy atom. The molecule has 0 aliphatic carbocycles. The number of halogens is 1. The first-order valence-corrected chi connectivity index (χ1v) is 9.02.